The summed E-state index contributed by atoms with van der Waals surface area (Å²) in [4.78, 5) is 16.3. The van der Waals surface area contributed by atoms with Gasteiger partial charge >= 0.3 is 0 Å². The third-order valence-electron chi connectivity index (χ3n) is 4.19. The second-order valence-electron chi connectivity index (χ2n) is 6.65. The number of thioether (sulfide) groups is 1. The van der Waals surface area contributed by atoms with Gasteiger partial charge in [0.05, 0.1) is 11.4 Å². The lowest BCUT2D eigenvalue weighted by molar-refractivity contribution is -0.128. The van der Waals surface area contributed by atoms with Crippen LogP contribution in [0.3, 0.4) is 0 Å². The molecule has 9 heteroatoms. The van der Waals surface area contributed by atoms with Crippen LogP contribution >= 0.6 is 11.8 Å². The lowest BCUT2D eigenvalue weighted by atomic mass is 10.2. The Bertz CT molecular complexity index is 744. The summed E-state index contributed by atoms with van der Waals surface area (Å²) in [6.45, 7) is 7.34. The highest BCUT2D eigenvalue weighted by Crippen LogP contribution is 2.21. The smallest absolute Gasteiger partial charge is 0.233 e. The van der Waals surface area contributed by atoms with Crippen molar-refractivity contribution in [2.24, 2.45) is 5.92 Å². The molecule has 1 aromatic carbocycles. The average Bonchev–Trinajstić information content (AvgIpc) is 3.06. The maximum Gasteiger partial charge on any atom is 0.233 e. The summed E-state index contributed by atoms with van der Waals surface area (Å²) in [6, 6.07) is 6.75. The van der Waals surface area contributed by atoms with E-state index in [4.69, 9.17) is 0 Å². The van der Waals surface area contributed by atoms with Crippen molar-refractivity contribution in [2.75, 3.05) is 36.8 Å². The van der Waals surface area contributed by atoms with Crippen molar-refractivity contribution in [3.05, 3.63) is 30.1 Å². The van der Waals surface area contributed by atoms with Gasteiger partial charge in [-0.05, 0) is 28.5 Å². The van der Waals surface area contributed by atoms with Crippen LogP contribution in [0, 0.1) is 11.7 Å². The van der Waals surface area contributed by atoms with Crippen LogP contribution in [0.2, 0.25) is 0 Å². The minimum Gasteiger partial charge on any atom is -0.366 e. The zero-order valence-electron chi connectivity index (χ0n) is 15.0. The van der Waals surface area contributed by atoms with Crippen molar-refractivity contribution in [3.8, 4) is 0 Å². The molecule has 140 valence electrons. The molecule has 1 aromatic heterocycles. The topological polar surface area (TPSA) is 67.2 Å². The molecular weight excluding hydrogens is 355 g/mol. The van der Waals surface area contributed by atoms with Gasteiger partial charge in [0.15, 0.2) is 0 Å². The summed E-state index contributed by atoms with van der Waals surface area (Å²) >= 11 is 1.36. The lowest BCUT2D eigenvalue weighted by Crippen LogP contribution is -2.49. The number of piperazine rings is 1. The van der Waals surface area contributed by atoms with Crippen molar-refractivity contribution in [2.45, 2.75) is 25.5 Å². The summed E-state index contributed by atoms with van der Waals surface area (Å²) in [7, 11) is 0. The Labute approximate surface area is 156 Å². The van der Waals surface area contributed by atoms with Crippen molar-refractivity contribution < 1.29 is 9.18 Å². The van der Waals surface area contributed by atoms with Gasteiger partial charge in [-0.3, -0.25) is 4.79 Å². The predicted octanol–water partition coefficient (Wildman–Crippen LogP) is 1.91. The first kappa shape index (κ1) is 18.6. The van der Waals surface area contributed by atoms with Gasteiger partial charge in [0.2, 0.25) is 11.1 Å². The van der Waals surface area contributed by atoms with Gasteiger partial charge in [0.25, 0.3) is 0 Å². The lowest BCUT2D eigenvalue weighted by Gasteiger charge is -2.36. The van der Waals surface area contributed by atoms with E-state index in [0.717, 1.165) is 6.54 Å². The predicted molar refractivity (Wildman–Crippen MR) is 98.6 cm³/mol. The maximum absolute atomic E-state index is 13.9. The van der Waals surface area contributed by atoms with E-state index >= 15 is 0 Å². The van der Waals surface area contributed by atoms with Crippen LogP contribution in [0.15, 0.2) is 29.4 Å². The van der Waals surface area contributed by atoms with Crippen LogP contribution in [0.5, 0.6) is 0 Å². The number of aromatic nitrogens is 4. The number of tetrazole rings is 1. The highest BCUT2D eigenvalue weighted by atomic mass is 32.2. The first-order valence-electron chi connectivity index (χ1n) is 8.71. The molecule has 3 rings (SSSR count). The van der Waals surface area contributed by atoms with Crippen LogP contribution in [-0.2, 0) is 11.3 Å². The second kappa shape index (κ2) is 8.48. The molecule has 1 amide bonds. The van der Waals surface area contributed by atoms with Crippen molar-refractivity contribution in [3.63, 3.8) is 0 Å². The van der Waals surface area contributed by atoms with E-state index in [9.17, 15) is 9.18 Å². The van der Waals surface area contributed by atoms with Gasteiger partial charge in [-0.15, -0.1) is 5.10 Å². The Kier molecular flexibility index (Phi) is 6.08. The van der Waals surface area contributed by atoms with Gasteiger partial charge in [0, 0.05) is 32.7 Å². The van der Waals surface area contributed by atoms with Crippen LogP contribution in [0.1, 0.15) is 13.8 Å². The van der Waals surface area contributed by atoms with Crippen LogP contribution < -0.4 is 4.90 Å². The van der Waals surface area contributed by atoms with Crippen molar-refractivity contribution in [1.29, 1.82) is 0 Å². The van der Waals surface area contributed by atoms with E-state index in [1.54, 1.807) is 16.8 Å². The highest BCUT2D eigenvalue weighted by Gasteiger charge is 2.23. The molecule has 0 N–H and O–H groups in total. The summed E-state index contributed by atoms with van der Waals surface area (Å²) in [5.41, 5.74) is 0.599. The fraction of sp³-hybridized carbons (Fsp3) is 0.529. The molecule has 0 atom stereocenters. The Morgan fingerprint density at radius 3 is 2.65 bits per heavy atom. The molecule has 0 aliphatic carbocycles. The Morgan fingerprint density at radius 1 is 1.23 bits per heavy atom. The van der Waals surface area contributed by atoms with E-state index in [0.29, 0.717) is 48.7 Å². The number of hydrogen-bond donors (Lipinski definition) is 0. The first-order valence-corrected chi connectivity index (χ1v) is 9.69. The first-order chi connectivity index (χ1) is 12.5. The third kappa shape index (κ3) is 4.51. The molecule has 0 radical (unpaired) electrons. The number of para-hydroxylation sites is 1. The average molecular weight is 378 g/mol. The van der Waals surface area contributed by atoms with Gasteiger partial charge in [-0.1, -0.05) is 37.7 Å². The third-order valence-corrected chi connectivity index (χ3v) is 5.13. The summed E-state index contributed by atoms with van der Waals surface area (Å²) in [5.74, 6) is 0.570. The van der Waals surface area contributed by atoms with E-state index in [2.05, 4.69) is 29.4 Å². The molecule has 1 aliphatic rings. The van der Waals surface area contributed by atoms with Gasteiger partial charge in [0.1, 0.15) is 5.82 Å². The van der Waals surface area contributed by atoms with Crippen molar-refractivity contribution in [1.82, 2.24) is 25.1 Å². The van der Waals surface area contributed by atoms with E-state index < -0.39 is 0 Å². The molecule has 2 heterocycles. The van der Waals surface area contributed by atoms with Gasteiger partial charge < -0.3 is 9.80 Å². The maximum atomic E-state index is 13.9. The van der Waals surface area contributed by atoms with Gasteiger partial charge in [-0.2, -0.15) is 0 Å². The van der Waals surface area contributed by atoms with E-state index in [-0.39, 0.29) is 11.7 Å². The number of hydrogen-bond acceptors (Lipinski definition) is 6. The van der Waals surface area contributed by atoms with Crippen molar-refractivity contribution >= 4 is 23.4 Å². The fourth-order valence-corrected chi connectivity index (χ4v) is 3.67. The van der Waals surface area contributed by atoms with E-state index in [1.807, 2.05) is 15.9 Å². The molecule has 0 spiro atoms. The Morgan fingerprint density at radius 2 is 1.96 bits per heavy atom. The molecule has 2 aromatic rings. The largest absolute Gasteiger partial charge is 0.366 e. The zero-order chi connectivity index (χ0) is 18.5. The molecule has 1 saturated heterocycles. The molecule has 0 unspecified atom stereocenters. The highest BCUT2D eigenvalue weighted by molar-refractivity contribution is 7.99. The minimum absolute atomic E-state index is 0.0577. The number of carbonyl (C=O) groups excluding carboxylic acids is 1. The number of anilines is 1. The van der Waals surface area contributed by atoms with Gasteiger partial charge in [-0.25, -0.2) is 9.07 Å². The molecule has 26 heavy (non-hydrogen) atoms. The molecule has 0 bridgehead atoms. The Hall–Kier alpha value is -2.16. The number of nitrogens with zero attached hydrogens (tertiary/aromatic N) is 6. The van der Waals surface area contributed by atoms with Crippen LogP contribution in [-0.4, -0.2) is 62.9 Å². The monoisotopic (exact) mass is 378 g/mol. The number of benzene rings is 1. The number of carbonyl (C=O) groups is 1. The number of rotatable bonds is 6. The number of amides is 1. The Balaban J connectivity index is 1.50. The van der Waals surface area contributed by atoms with Crippen LogP contribution in [0.25, 0.3) is 0 Å². The second-order valence-corrected chi connectivity index (χ2v) is 7.59. The minimum atomic E-state index is -0.222. The molecule has 0 saturated carbocycles. The zero-order valence-corrected chi connectivity index (χ0v) is 15.8. The summed E-state index contributed by atoms with van der Waals surface area (Å²) in [5, 5.41) is 12.3. The quantitative estimate of drug-likeness (QED) is 0.716. The van der Waals surface area contributed by atoms with Crippen LogP contribution in [0.4, 0.5) is 10.1 Å². The summed E-state index contributed by atoms with van der Waals surface area (Å²) in [6.07, 6.45) is 0. The normalized spacial score (nSPS) is 14.9. The molecule has 1 fully saturated rings. The fourth-order valence-electron chi connectivity index (χ4n) is 2.88. The molecule has 1 aliphatic heterocycles. The SMILES string of the molecule is CC(C)Cn1nnnc1SCC(=O)N1CCN(c2ccccc2F)CC1. The van der Waals surface area contributed by atoms with E-state index in [1.165, 1.54) is 17.8 Å². The standard InChI is InChI=1S/C17H23FN6OS/c1-13(2)11-24-17(19-20-21-24)26-12-16(25)23-9-7-22(8-10-23)15-6-4-3-5-14(15)18/h3-6,13H,7-12H2,1-2H3. The number of halogens is 1. The summed E-state index contributed by atoms with van der Waals surface area (Å²) < 4.78 is 15.6. The molecular formula is C17H23FN6OS. The molecule has 7 nitrogen and oxygen atoms in total.